The molecule has 3 N–H and O–H groups in total. The van der Waals surface area contributed by atoms with Crippen LogP contribution in [0.4, 0.5) is 5.00 Å². The number of nitrogens with one attached hydrogen (secondary N) is 3. The van der Waals surface area contributed by atoms with E-state index in [1.165, 1.54) is 21.6 Å². The minimum absolute atomic E-state index is 0.0586. The summed E-state index contributed by atoms with van der Waals surface area (Å²) < 4.78 is 0. The molecule has 142 valence electrons. The van der Waals surface area contributed by atoms with E-state index in [9.17, 15) is 4.79 Å². The second-order valence-electron chi connectivity index (χ2n) is 7.76. The monoisotopic (exact) mass is 390 g/mol. The van der Waals surface area contributed by atoms with Crippen LogP contribution in [0.1, 0.15) is 43.7 Å². The van der Waals surface area contributed by atoms with Crippen molar-refractivity contribution in [2.45, 2.75) is 32.6 Å². The first-order chi connectivity index (χ1) is 13.7. The van der Waals surface area contributed by atoms with Crippen LogP contribution >= 0.6 is 11.3 Å². The van der Waals surface area contributed by atoms with Crippen molar-refractivity contribution in [2.24, 2.45) is 0 Å². The molecule has 2 aromatic carbocycles. The number of quaternary nitrogens is 1. The van der Waals surface area contributed by atoms with Gasteiger partial charge in [0.25, 0.3) is 5.91 Å². The zero-order valence-electron chi connectivity index (χ0n) is 15.9. The van der Waals surface area contributed by atoms with Crippen LogP contribution < -0.4 is 15.5 Å². The van der Waals surface area contributed by atoms with Crippen LogP contribution in [0.3, 0.4) is 0 Å². The number of carbonyl (C=O) groups excluding carboxylic acids is 1. The number of hydrogen-bond acceptors (Lipinski definition) is 3. The second-order valence-corrected chi connectivity index (χ2v) is 8.86. The normalized spacial score (nSPS) is 20.7. The SMILES string of the molecule is Cc1ccc([C@@H]2NC(=O)c3c(sc4c3CC[NH+](Cc3ccccc3)C4)N2)cc1. The van der Waals surface area contributed by atoms with Gasteiger partial charge in [-0.3, -0.25) is 4.79 Å². The fourth-order valence-corrected chi connectivity index (χ4v) is 5.55. The Morgan fingerprint density at radius 1 is 1.07 bits per heavy atom. The number of carbonyl (C=O) groups is 1. The molecular weight excluding hydrogens is 366 g/mol. The lowest BCUT2D eigenvalue weighted by Gasteiger charge is -2.27. The van der Waals surface area contributed by atoms with Gasteiger partial charge in [0, 0.05) is 12.0 Å². The van der Waals surface area contributed by atoms with Crippen molar-refractivity contribution >= 4 is 22.2 Å². The zero-order valence-corrected chi connectivity index (χ0v) is 16.7. The maximum Gasteiger partial charge on any atom is 0.256 e. The third-order valence-electron chi connectivity index (χ3n) is 5.72. The molecule has 5 heteroatoms. The Morgan fingerprint density at radius 2 is 1.86 bits per heavy atom. The van der Waals surface area contributed by atoms with Gasteiger partial charge in [-0.1, -0.05) is 60.2 Å². The standard InChI is InChI=1S/C23H23N3OS/c1-15-7-9-17(10-8-15)21-24-22(27)20-18-11-12-26(13-16-5-3-2-4-6-16)14-19(18)28-23(20)25-21/h2-10,21,25H,11-14H2,1H3,(H,24,27)/p+1/t21-/m1/s1. The van der Waals surface area contributed by atoms with E-state index in [1.807, 2.05) is 0 Å². The summed E-state index contributed by atoms with van der Waals surface area (Å²) in [6.45, 7) is 5.17. The average Bonchev–Trinajstić information content (AvgIpc) is 3.07. The number of amides is 1. The van der Waals surface area contributed by atoms with Gasteiger partial charge in [-0.25, -0.2) is 0 Å². The first-order valence-corrected chi connectivity index (χ1v) is 10.6. The Labute approximate surface area is 169 Å². The summed E-state index contributed by atoms with van der Waals surface area (Å²) in [5.41, 5.74) is 5.82. The lowest BCUT2D eigenvalue weighted by molar-refractivity contribution is -0.929. The number of rotatable bonds is 3. The Bertz CT molecular complexity index is 1010. The summed E-state index contributed by atoms with van der Waals surface area (Å²) in [5, 5.41) is 7.74. The molecular formula is C23H24N3OS+. The molecule has 3 heterocycles. The average molecular weight is 391 g/mol. The van der Waals surface area contributed by atoms with E-state index in [-0.39, 0.29) is 12.1 Å². The molecule has 2 atom stereocenters. The first kappa shape index (κ1) is 17.5. The molecule has 3 aromatic rings. The van der Waals surface area contributed by atoms with Crippen molar-refractivity contribution in [1.82, 2.24) is 5.32 Å². The number of anilines is 1. The molecule has 0 aliphatic carbocycles. The highest BCUT2D eigenvalue weighted by atomic mass is 32.1. The van der Waals surface area contributed by atoms with Crippen molar-refractivity contribution in [1.29, 1.82) is 0 Å². The molecule has 1 amide bonds. The van der Waals surface area contributed by atoms with Crippen molar-refractivity contribution in [3.8, 4) is 0 Å². The maximum atomic E-state index is 12.9. The molecule has 0 saturated carbocycles. The Kier molecular flexibility index (Phi) is 4.41. The zero-order chi connectivity index (χ0) is 19.1. The second kappa shape index (κ2) is 7.08. The fourth-order valence-electron chi connectivity index (χ4n) is 4.21. The van der Waals surface area contributed by atoms with Crippen LogP contribution in [0, 0.1) is 6.92 Å². The fraction of sp³-hybridized carbons (Fsp3) is 0.261. The Hall–Kier alpha value is -2.63. The number of fused-ring (bicyclic) bond motifs is 3. The summed E-state index contributed by atoms with van der Waals surface area (Å²) in [5.74, 6) is 0.0586. The predicted octanol–water partition coefficient (Wildman–Crippen LogP) is 3.05. The van der Waals surface area contributed by atoms with Gasteiger partial charge in [-0.15, -0.1) is 11.3 Å². The summed E-state index contributed by atoms with van der Waals surface area (Å²) in [6, 6.07) is 19.0. The van der Waals surface area contributed by atoms with Gasteiger partial charge in [0.15, 0.2) is 0 Å². The predicted molar refractivity (Wildman–Crippen MR) is 113 cm³/mol. The van der Waals surface area contributed by atoms with Gasteiger partial charge in [0.05, 0.1) is 17.0 Å². The first-order valence-electron chi connectivity index (χ1n) is 9.83. The minimum Gasteiger partial charge on any atom is -0.353 e. The highest BCUT2D eigenvalue weighted by Gasteiger charge is 2.34. The molecule has 2 aliphatic rings. The van der Waals surface area contributed by atoms with Gasteiger partial charge in [0.1, 0.15) is 24.3 Å². The summed E-state index contributed by atoms with van der Waals surface area (Å²) in [7, 11) is 0. The molecule has 0 radical (unpaired) electrons. The molecule has 28 heavy (non-hydrogen) atoms. The number of benzene rings is 2. The Morgan fingerprint density at radius 3 is 2.64 bits per heavy atom. The van der Waals surface area contributed by atoms with E-state index >= 15 is 0 Å². The summed E-state index contributed by atoms with van der Waals surface area (Å²) >= 11 is 1.76. The largest absolute Gasteiger partial charge is 0.353 e. The molecule has 2 aliphatic heterocycles. The van der Waals surface area contributed by atoms with Crippen LogP contribution in [0.25, 0.3) is 0 Å². The number of thiophene rings is 1. The number of hydrogen-bond donors (Lipinski definition) is 3. The van der Waals surface area contributed by atoms with Crippen molar-refractivity contribution < 1.29 is 9.69 Å². The molecule has 0 fully saturated rings. The molecule has 1 aromatic heterocycles. The van der Waals surface area contributed by atoms with Crippen LogP contribution in [-0.2, 0) is 19.5 Å². The molecule has 0 bridgehead atoms. The molecule has 1 unspecified atom stereocenters. The van der Waals surface area contributed by atoms with E-state index < -0.39 is 0 Å². The lowest BCUT2D eigenvalue weighted by Crippen LogP contribution is -3.10. The Balaban J connectivity index is 1.38. The van der Waals surface area contributed by atoms with Gasteiger partial charge in [0.2, 0.25) is 0 Å². The van der Waals surface area contributed by atoms with E-state index in [0.717, 1.165) is 42.2 Å². The van der Waals surface area contributed by atoms with Gasteiger partial charge < -0.3 is 15.5 Å². The van der Waals surface area contributed by atoms with Crippen molar-refractivity contribution in [3.05, 3.63) is 87.3 Å². The van der Waals surface area contributed by atoms with E-state index in [2.05, 4.69) is 72.2 Å². The van der Waals surface area contributed by atoms with Crippen LogP contribution in [0.2, 0.25) is 0 Å². The molecule has 4 nitrogen and oxygen atoms in total. The number of aryl methyl sites for hydroxylation is 1. The quantitative estimate of drug-likeness (QED) is 0.644. The minimum atomic E-state index is -0.159. The van der Waals surface area contributed by atoms with E-state index in [0.29, 0.717) is 0 Å². The highest BCUT2D eigenvalue weighted by Crippen LogP contribution is 2.39. The van der Waals surface area contributed by atoms with Crippen LogP contribution in [0.15, 0.2) is 54.6 Å². The third-order valence-corrected chi connectivity index (χ3v) is 6.88. The van der Waals surface area contributed by atoms with Gasteiger partial charge in [-0.2, -0.15) is 0 Å². The smallest absolute Gasteiger partial charge is 0.256 e. The molecule has 0 spiro atoms. The van der Waals surface area contributed by atoms with E-state index in [1.54, 1.807) is 16.2 Å². The van der Waals surface area contributed by atoms with Crippen molar-refractivity contribution in [2.75, 3.05) is 11.9 Å². The third kappa shape index (κ3) is 3.21. The lowest BCUT2D eigenvalue weighted by atomic mass is 10.00. The highest BCUT2D eigenvalue weighted by molar-refractivity contribution is 7.16. The van der Waals surface area contributed by atoms with Gasteiger partial charge >= 0.3 is 0 Å². The van der Waals surface area contributed by atoms with Crippen molar-refractivity contribution in [3.63, 3.8) is 0 Å². The molecule has 5 rings (SSSR count). The molecule has 0 saturated heterocycles. The maximum absolute atomic E-state index is 12.9. The summed E-state index contributed by atoms with van der Waals surface area (Å²) in [4.78, 5) is 15.8. The van der Waals surface area contributed by atoms with Gasteiger partial charge in [-0.05, 0) is 18.1 Å². The van der Waals surface area contributed by atoms with Crippen LogP contribution in [0.5, 0.6) is 0 Å². The van der Waals surface area contributed by atoms with Crippen LogP contribution in [-0.4, -0.2) is 12.5 Å². The summed E-state index contributed by atoms with van der Waals surface area (Å²) in [6.07, 6.45) is 0.807. The van der Waals surface area contributed by atoms with E-state index in [4.69, 9.17) is 0 Å². The topological polar surface area (TPSA) is 45.6 Å².